The SMILES string of the molecule is CCCCCCCCCCCCCCCc1csc2c(Br)c(C(=O)CCCCCCCCCCCCCC)sc12. The van der Waals surface area contributed by atoms with Crippen LogP contribution in [-0.4, -0.2) is 5.78 Å². The van der Waals surface area contributed by atoms with Gasteiger partial charge in [0.15, 0.2) is 5.78 Å². The third-order valence-corrected chi connectivity index (χ3v) is 12.3. The van der Waals surface area contributed by atoms with Gasteiger partial charge in [0.05, 0.1) is 18.7 Å². The fourth-order valence-electron chi connectivity index (χ4n) is 5.82. The van der Waals surface area contributed by atoms with E-state index in [1.54, 1.807) is 11.3 Å². The molecule has 0 unspecified atom stereocenters. The maximum atomic E-state index is 13.0. The van der Waals surface area contributed by atoms with Gasteiger partial charge in [0, 0.05) is 6.42 Å². The number of hydrogen-bond acceptors (Lipinski definition) is 3. The lowest BCUT2D eigenvalue weighted by Gasteiger charge is -2.03. The Bertz CT molecular complexity index is 883. The Morgan fingerprint density at radius 2 is 0.975 bits per heavy atom. The van der Waals surface area contributed by atoms with E-state index in [2.05, 4.69) is 35.2 Å². The van der Waals surface area contributed by atoms with Gasteiger partial charge in [-0.3, -0.25) is 4.79 Å². The lowest BCUT2D eigenvalue weighted by atomic mass is 10.0. The van der Waals surface area contributed by atoms with Crippen molar-refractivity contribution in [3.05, 3.63) is 20.3 Å². The standard InChI is InChI=1S/C36H61BrOS2/c1-3-5-7-9-11-13-15-17-18-20-22-24-26-28-31-30-39-36-33(37)35(40-34(31)36)32(38)29-27-25-23-21-19-16-14-12-10-8-6-4-2/h30H,3-29H2,1-2H3. The van der Waals surface area contributed by atoms with Crippen LogP contribution < -0.4 is 0 Å². The zero-order valence-electron chi connectivity index (χ0n) is 26.3. The number of unbranched alkanes of at least 4 members (excludes halogenated alkanes) is 23. The molecule has 40 heavy (non-hydrogen) atoms. The van der Waals surface area contributed by atoms with E-state index in [0.717, 1.165) is 22.2 Å². The number of halogens is 1. The van der Waals surface area contributed by atoms with Gasteiger partial charge in [-0.05, 0) is 46.1 Å². The van der Waals surface area contributed by atoms with Crippen molar-refractivity contribution in [1.82, 2.24) is 0 Å². The number of fused-ring (bicyclic) bond motifs is 1. The van der Waals surface area contributed by atoms with Crippen molar-refractivity contribution in [3.8, 4) is 0 Å². The molecule has 0 radical (unpaired) electrons. The zero-order chi connectivity index (χ0) is 28.7. The normalized spacial score (nSPS) is 11.7. The fraction of sp³-hybridized carbons (Fsp3) is 0.806. The van der Waals surface area contributed by atoms with Crippen LogP contribution in [0.15, 0.2) is 9.85 Å². The maximum absolute atomic E-state index is 13.0. The molecule has 0 aliphatic heterocycles. The predicted octanol–water partition coefficient (Wildman–Crippen LogP) is 14.6. The summed E-state index contributed by atoms with van der Waals surface area (Å²) in [6, 6.07) is 0. The van der Waals surface area contributed by atoms with Crippen LogP contribution in [0.3, 0.4) is 0 Å². The summed E-state index contributed by atoms with van der Waals surface area (Å²) in [5.74, 6) is 0.347. The molecule has 0 aliphatic rings. The lowest BCUT2D eigenvalue weighted by molar-refractivity contribution is 0.0982. The van der Waals surface area contributed by atoms with Crippen LogP contribution in [0.5, 0.6) is 0 Å². The summed E-state index contributed by atoms with van der Waals surface area (Å²) in [6.07, 6.45) is 36.1. The van der Waals surface area contributed by atoms with E-state index in [9.17, 15) is 4.79 Å². The number of aryl methyl sites for hydroxylation is 1. The van der Waals surface area contributed by atoms with E-state index in [4.69, 9.17) is 0 Å². The molecule has 1 nitrogen and oxygen atoms in total. The van der Waals surface area contributed by atoms with E-state index < -0.39 is 0 Å². The van der Waals surface area contributed by atoms with Gasteiger partial charge in [0.1, 0.15) is 0 Å². The van der Waals surface area contributed by atoms with E-state index in [-0.39, 0.29) is 0 Å². The average molecular weight is 654 g/mol. The second-order valence-electron chi connectivity index (χ2n) is 12.2. The van der Waals surface area contributed by atoms with E-state index in [1.807, 2.05) is 11.3 Å². The molecule has 0 saturated heterocycles. The third kappa shape index (κ3) is 15.3. The highest BCUT2D eigenvalue weighted by Crippen LogP contribution is 2.42. The van der Waals surface area contributed by atoms with E-state index in [0.29, 0.717) is 12.2 Å². The summed E-state index contributed by atoms with van der Waals surface area (Å²) in [4.78, 5) is 14.0. The number of rotatable bonds is 28. The minimum atomic E-state index is 0.347. The first-order valence-corrected chi connectivity index (χ1v) is 19.9. The number of carbonyl (C=O) groups excluding carboxylic acids is 1. The summed E-state index contributed by atoms with van der Waals surface area (Å²) >= 11 is 7.36. The quantitative estimate of drug-likeness (QED) is 0.0660. The van der Waals surface area contributed by atoms with Crippen molar-refractivity contribution in [1.29, 1.82) is 0 Å². The van der Waals surface area contributed by atoms with Crippen LogP contribution >= 0.6 is 38.6 Å². The van der Waals surface area contributed by atoms with Crippen molar-refractivity contribution < 1.29 is 4.79 Å². The molecule has 0 aromatic carbocycles. The molecule has 2 aromatic heterocycles. The Morgan fingerprint density at radius 3 is 1.43 bits per heavy atom. The van der Waals surface area contributed by atoms with Gasteiger partial charge in [0.2, 0.25) is 0 Å². The second-order valence-corrected chi connectivity index (χ2v) is 14.9. The number of ketones is 1. The first kappa shape index (κ1) is 36.0. The Labute approximate surface area is 264 Å². The van der Waals surface area contributed by atoms with Crippen molar-refractivity contribution >= 4 is 53.8 Å². The maximum Gasteiger partial charge on any atom is 0.174 e. The molecule has 2 heterocycles. The minimum Gasteiger partial charge on any atom is -0.293 e. The van der Waals surface area contributed by atoms with Crippen LogP contribution in [0.2, 0.25) is 0 Å². The number of carbonyl (C=O) groups is 1. The van der Waals surface area contributed by atoms with Gasteiger partial charge in [-0.2, -0.15) is 0 Å². The highest BCUT2D eigenvalue weighted by Gasteiger charge is 2.19. The van der Waals surface area contributed by atoms with Gasteiger partial charge in [-0.25, -0.2) is 0 Å². The molecule has 0 aliphatic carbocycles. The second kappa shape index (κ2) is 24.3. The summed E-state index contributed by atoms with van der Waals surface area (Å²) in [7, 11) is 0. The molecule has 4 heteroatoms. The zero-order valence-corrected chi connectivity index (χ0v) is 29.5. The Kier molecular flexibility index (Phi) is 21.8. The molecule has 2 aromatic rings. The van der Waals surface area contributed by atoms with Crippen molar-refractivity contribution in [2.75, 3.05) is 0 Å². The Hall–Kier alpha value is -0.190. The highest BCUT2D eigenvalue weighted by molar-refractivity contribution is 9.10. The topological polar surface area (TPSA) is 17.1 Å². The van der Waals surface area contributed by atoms with Crippen molar-refractivity contribution in [3.63, 3.8) is 0 Å². The Morgan fingerprint density at radius 1 is 0.575 bits per heavy atom. The molecule has 2 rings (SSSR count). The summed E-state index contributed by atoms with van der Waals surface area (Å²) in [5.41, 5.74) is 1.47. The summed E-state index contributed by atoms with van der Waals surface area (Å²) < 4.78 is 3.74. The molecule has 0 bridgehead atoms. The fourth-order valence-corrected chi connectivity index (χ4v) is 9.34. The average Bonchev–Trinajstić information content (AvgIpc) is 3.51. The monoisotopic (exact) mass is 652 g/mol. The molecule has 0 atom stereocenters. The van der Waals surface area contributed by atoms with Crippen LogP contribution in [-0.2, 0) is 6.42 Å². The first-order valence-electron chi connectivity index (χ1n) is 17.4. The molecule has 230 valence electrons. The number of thiophene rings is 2. The third-order valence-electron chi connectivity index (χ3n) is 8.48. The van der Waals surface area contributed by atoms with Gasteiger partial charge in [0.25, 0.3) is 0 Å². The summed E-state index contributed by atoms with van der Waals surface area (Å²) in [5, 5.41) is 2.34. The molecular formula is C36H61BrOS2. The summed E-state index contributed by atoms with van der Waals surface area (Å²) in [6.45, 7) is 4.58. The molecule has 0 saturated carbocycles. The molecule has 0 N–H and O–H groups in total. The van der Waals surface area contributed by atoms with E-state index in [1.165, 1.54) is 169 Å². The van der Waals surface area contributed by atoms with Gasteiger partial charge >= 0.3 is 0 Å². The number of Topliss-reactive ketones (excluding diaryl/α,β-unsaturated/α-hetero) is 1. The minimum absolute atomic E-state index is 0.347. The van der Waals surface area contributed by atoms with Crippen molar-refractivity contribution in [2.45, 2.75) is 187 Å². The van der Waals surface area contributed by atoms with Crippen LogP contribution in [0.1, 0.15) is 196 Å². The van der Waals surface area contributed by atoms with Crippen LogP contribution in [0.4, 0.5) is 0 Å². The lowest BCUT2D eigenvalue weighted by Crippen LogP contribution is -1.96. The van der Waals surface area contributed by atoms with Crippen molar-refractivity contribution in [2.24, 2.45) is 0 Å². The van der Waals surface area contributed by atoms with Gasteiger partial charge < -0.3 is 0 Å². The first-order chi connectivity index (χ1) is 19.7. The highest BCUT2D eigenvalue weighted by atomic mass is 79.9. The van der Waals surface area contributed by atoms with Crippen LogP contribution in [0.25, 0.3) is 9.40 Å². The number of hydrogen-bond donors (Lipinski definition) is 0. The largest absolute Gasteiger partial charge is 0.293 e. The smallest absolute Gasteiger partial charge is 0.174 e. The molecule has 0 fully saturated rings. The van der Waals surface area contributed by atoms with Gasteiger partial charge in [-0.1, -0.05) is 162 Å². The molecular weight excluding hydrogens is 592 g/mol. The predicted molar refractivity (Wildman–Crippen MR) is 187 cm³/mol. The van der Waals surface area contributed by atoms with Gasteiger partial charge in [-0.15, -0.1) is 22.7 Å². The van der Waals surface area contributed by atoms with Crippen LogP contribution in [0, 0.1) is 0 Å². The molecule has 0 spiro atoms. The Balaban J connectivity index is 1.53. The van der Waals surface area contributed by atoms with E-state index >= 15 is 0 Å². The molecule has 0 amide bonds.